The molecule has 0 fully saturated rings. The standard InChI is InChI=1S/C16H18ClN3O2/c17-15-6-7-16(20(21)22)14(10-15)12-19(9-8-18)11-13-4-2-1-3-5-13/h1-7,10H,8-9,11-12,18H2. The van der Waals surface area contributed by atoms with E-state index in [0.29, 0.717) is 36.8 Å². The molecule has 2 rings (SSSR count). The van der Waals surface area contributed by atoms with E-state index >= 15 is 0 Å². The largest absolute Gasteiger partial charge is 0.329 e. The van der Waals surface area contributed by atoms with Crippen molar-refractivity contribution in [3.05, 3.63) is 74.8 Å². The van der Waals surface area contributed by atoms with Gasteiger partial charge in [-0.05, 0) is 17.7 Å². The molecule has 0 unspecified atom stereocenters. The van der Waals surface area contributed by atoms with Crippen molar-refractivity contribution >= 4 is 17.3 Å². The second-order valence-corrected chi connectivity index (χ2v) is 5.45. The van der Waals surface area contributed by atoms with Crippen LogP contribution in [-0.4, -0.2) is 22.9 Å². The molecule has 0 amide bonds. The van der Waals surface area contributed by atoms with Gasteiger partial charge < -0.3 is 5.73 Å². The van der Waals surface area contributed by atoms with Crippen molar-refractivity contribution in [3.63, 3.8) is 0 Å². The summed E-state index contributed by atoms with van der Waals surface area (Å²) in [6, 6.07) is 14.6. The van der Waals surface area contributed by atoms with Gasteiger partial charge in [-0.1, -0.05) is 41.9 Å². The first kappa shape index (κ1) is 16.4. The smallest absolute Gasteiger partial charge is 0.273 e. The summed E-state index contributed by atoms with van der Waals surface area (Å²) in [4.78, 5) is 12.8. The van der Waals surface area contributed by atoms with Gasteiger partial charge in [0.2, 0.25) is 0 Å². The van der Waals surface area contributed by atoms with Gasteiger partial charge in [0.15, 0.2) is 0 Å². The van der Waals surface area contributed by atoms with Crippen molar-refractivity contribution in [2.75, 3.05) is 13.1 Å². The Morgan fingerprint density at radius 2 is 1.86 bits per heavy atom. The average molecular weight is 320 g/mol. The molecule has 0 spiro atoms. The molecule has 2 aromatic carbocycles. The number of halogens is 1. The van der Waals surface area contributed by atoms with Gasteiger partial charge in [0.1, 0.15) is 0 Å². The maximum Gasteiger partial charge on any atom is 0.273 e. The summed E-state index contributed by atoms with van der Waals surface area (Å²) in [7, 11) is 0. The molecule has 0 atom stereocenters. The van der Waals surface area contributed by atoms with Crippen LogP contribution in [0.15, 0.2) is 48.5 Å². The highest BCUT2D eigenvalue weighted by Crippen LogP contribution is 2.24. The molecule has 0 aromatic heterocycles. The second-order valence-electron chi connectivity index (χ2n) is 5.02. The first-order valence-electron chi connectivity index (χ1n) is 6.99. The summed E-state index contributed by atoms with van der Waals surface area (Å²) in [6.07, 6.45) is 0. The summed E-state index contributed by atoms with van der Waals surface area (Å²) >= 11 is 5.98. The van der Waals surface area contributed by atoms with Crippen molar-refractivity contribution in [1.29, 1.82) is 0 Å². The molecular formula is C16H18ClN3O2. The van der Waals surface area contributed by atoms with E-state index in [1.807, 2.05) is 30.3 Å². The number of nitro groups is 1. The lowest BCUT2D eigenvalue weighted by Gasteiger charge is -2.21. The van der Waals surface area contributed by atoms with Crippen LogP contribution in [0.4, 0.5) is 5.69 Å². The molecule has 2 aromatic rings. The van der Waals surface area contributed by atoms with E-state index in [4.69, 9.17) is 17.3 Å². The first-order valence-corrected chi connectivity index (χ1v) is 7.37. The first-order chi connectivity index (χ1) is 10.6. The zero-order valence-corrected chi connectivity index (χ0v) is 12.9. The molecule has 0 saturated heterocycles. The monoisotopic (exact) mass is 319 g/mol. The molecule has 5 nitrogen and oxygen atoms in total. The Kier molecular flexibility index (Phi) is 5.89. The lowest BCUT2D eigenvalue weighted by atomic mass is 10.1. The van der Waals surface area contributed by atoms with Gasteiger partial charge in [0, 0.05) is 42.8 Å². The molecule has 0 aliphatic heterocycles. The third kappa shape index (κ3) is 4.53. The molecule has 0 heterocycles. The zero-order valence-electron chi connectivity index (χ0n) is 12.1. The summed E-state index contributed by atoms with van der Waals surface area (Å²) in [5.74, 6) is 0. The third-order valence-electron chi connectivity index (χ3n) is 3.33. The Hall–Kier alpha value is -1.95. The Morgan fingerprint density at radius 3 is 2.50 bits per heavy atom. The normalized spacial score (nSPS) is 10.9. The molecule has 2 N–H and O–H groups in total. The molecule has 22 heavy (non-hydrogen) atoms. The highest BCUT2D eigenvalue weighted by Gasteiger charge is 2.17. The second kappa shape index (κ2) is 7.89. The fraction of sp³-hybridized carbons (Fsp3) is 0.250. The van der Waals surface area contributed by atoms with Gasteiger partial charge in [-0.2, -0.15) is 0 Å². The van der Waals surface area contributed by atoms with E-state index in [-0.39, 0.29) is 10.6 Å². The molecular weight excluding hydrogens is 302 g/mol. The van der Waals surface area contributed by atoms with Crippen molar-refractivity contribution < 1.29 is 4.92 Å². The van der Waals surface area contributed by atoms with Gasteiger partial charge in [-0.3, -0.25) is 15.0 Å². The summed E-state index contributed by atoms with van der Waals surface area (Å²) in [5.41, 5.74) is 7.48. The highest BCUT2D eigenvalue weighted by molar-refractivity contribution is 6.30. The quantitative estimate of drug-likeness (QED) is 0.628. The number of nitrogens with zero attached hydrogens (tertiary/aromatic N) is 2. The van der Waals surface area contributed by atoms with E-state index < -0.39 is 0 Å². The zero-order chi connectivity index (χ0) is 15.9. The van der Waals surface area contributed by atoms with Gasteiger partial charge in [0.05, 0.1) is 4.92 Å². The fourth-order valence-electron chi connectivity index (χ4n) is 2.34. The minimum atomic E-state index is -0.380. The summed E-state index contributed by atoms with van der Waals surface area (Å²) in [5, 5.41) is 11.6. The van der Waals surface area contributed by atoms with Crippen LogP contribution in [0.1, 0.15) is 11.1 Å². The Balaban J connectivity index is 2.20. The van der Waals surface area contributed by atoms with E-state index in [1.165, 1.54) is 12.1 Å². The predicted octanol–water partition coefficient (Wildman–Crippen LogP) is 3.21. The van der Waals surface area contributed by atoms with Crippen LogP contribution in [0.25, 0.3) is 0 Å². The van der Waals surface area contributed by atoms with E-state index in [9.17, 15) is 10.1 Å². The van der Waals surface area contributed by atoms with Crippen LogP contribution in [0.5, 0.6) is 0 Å². The lowest BCUT2D eigenvalue weighted by Crippen LogP contribution is -2.29. The van der Waals surface area contributed by atoms with Gasteiger partial charge >= 0.3 is 0 Å². The highest BCUT2D eigenvalue weighted by atomic mass is 35.5. The molecule has 116 valence electrons. The molecule has 0 aliphatic rings. The van der Waals surface area contributed by atoms with Crippen LogP contribution >= 0.6 is 11.6 Å². The van der Waals surface area contributed by atoms with Gasteiger partial charge in [0.25, 0.3) is 5.69 Å². The predicted molar refractivity (Wildman–Crippen MR) is 87.7 cm³/mol. The van der Waals surface area contributed by atoms with Crippen LogP contribution in [0.2, 0.25) is 5.02 Å². The molecule has 6 heteroatoms. The summed E-state index contributed by atoms with van der Waals surface area (Å²) < 4.78 is 0. The summed E-state index contributed by atoms with van der Waals surface area (Å²) in [6.45, 7) is 2.25. The number of hydrogen-bond donors (Lipinski definition) is 1. The number of benzene rings is 2. The SMILES string of the molecule is NCCN(Cc1ccccc1)Cc1cc(Cl)ccc1[N+](=O)[O-]. The van der Waals surface area contributed by atoms with Crippen LogP contribution in [0.3, 0.4) is 0 Å². The number of nitro benzene ring substituents is 1. The Morgan fingerprint density at radius 1 is 1.14 bits per heavy atom. The van der Waals surface area contributed by atoms with Gasteiger partial charge in [-0.25, -0.2) is 0 Å². The van der Waals surface area contributed by atoms with Crippen LogP contribution in [0, 0.1) is 10.1 Å². The van der Waals surface area contributed by atoms with Crippen LogP contribution in [-0.2, 0) is 13.1 Å². The Labute approximate surface area is 134 Å². The lowest BCUT2D eigenvalue weighted by molar-refractivity contribution is -0.385. The van der Waals surface area contributed by atoms with Crippen molar-refractivity contribution in [1.82, 2.24) is 4.90 Å². The number of nitrogens with two attached hydrogens (primary N) is 1. The molecule has 0 radical (unpaired) electrons. The molecule has 0 bridgehead atoms. The molecule has 0 aliphatic carbocycles. The fourth-order valence-corrected chi connectivity index (χ4v) is 2.53. The van der Waals surface area contributed by atoms with Gasteiger partial charge in [-0.15, -0.1) is 0 Å². The van der Waals surface area contributed by atoms with Crippen molar-refractivity contribution in [2.24, 2.45) is 5.73 Å². The minimum absolute atomic E-state index is 0.0829. The van der Waals surface area contributed by atoms with Crippen LogP contribution < -0.4 is 5.73 Å². The maximum absolute atomic E-state index is 11.1. The van der Waals surface area contributed by atoms with E-state index in [0.717, 1.165) is 5.56 Å². The van der Waals surface area contributed by atoms with E-state index in [1.54, 1.807) is 6.07 Å². The topological polar surface area (TPSA) is 72.4 Å². The minimum Gasteiger partial charge on any atom is -0.329 e. The van der Waals surface area contributed by atoms with Crippen molar-refractivity contribution in [3.8, 4) is 0 Å². The molecule has 0 saturated carbocycles. The average Bonchev–Trinajstić information content (AvgIpc) is 2.48. The maximum atomic E-state index is 11.1. The van der Waals surface area contributed by atoms with Crippen molar-refractivity contribution in [2.45, 2.75) is 13.1 Å². The third-order valence-corrected chi connectivity index (χ3v) is 3.56. The Bertz CT molecular complexity index is 635. The van der Waals surface area contributed by atoms with E-state index in [2.05, 4.69) is 4.90 Å². The number of rotatable bonds is 7. The number of hydrogen-bond acceptors (Lipinski definition) is 4.